The molecule has 0 aliphatic carbocycles. The Balaban J connectivity index is 1.51. The monoisotopic (exact) mass is 470 g/mol. The van der Waals surface area contributed by atoms with E-state index in [0.29, 0.717) is 39.4 Å². The molecule has 0 N–H and O–H groups in total. The third-order valence-electron chi connectivity index (χ3n) is 6.20. The number of esters is 1. The maximum atomic E-state index is 13.5. The summed E-state index contributed by atoms with van der Waals surface area (Å²) in [6.45, 7) is 1.80. The first-order valence-electron chi connectivity index (χ1n) is 10.9. The van der Waals surface area contributed by atoms with Gasteiger partial charge in [0.25, 0.3) is 0 Å². The molecule has 0 saturated carbocycles. The summed E-state index contributed by atoms with van der Waals surface area (Å²) in [5, 5.41) is 0.320. The third kappa shape index (κ3) is 3.33. The summed E-state index contributed by atoms with van der Waals surface area (Å²) in [6.07, 6.45) is 2.75. The van der Waals surface area contributed by atoms with Gasteiger partial charge in [-0.15, -0.1) is 0 Å². The number of methoxy groups -OCH3 is 1. The van der Waals surface area contributed by atoms with E-state index in [9.17, 15) is 14.4 Å². The predicted octanol–water partition coefficient (Wildman–Crippen LogP) is 4.76. The number of furan rings is 1. The van der Waals surface area contributed by atoms with Crippen LogP contribution in [0.3, 0.4) is 0 Å². The molecule has 0 radical (unpaired) electrons. The quantitative estimate of drug-likeness (QED) is 0.240. The van der Waals surface area contributed by atoms with Gasteiger partial charge in [-0.05, 0) is 49.4 Å². The number of carbonyl (C=O) groups is 2. The van der Waals surface area contributed by atoms with Gasteiger partial charge < -0.3 is 23.0 Å². The molecule has 174 valence electrons. The number of ketones is 1. The fourth-order valence-corrected chi connectivity index (χ4v) is 4.52. The smallest absolute Gasteiger partial charge is 0.312 e. The number of hydrogen-bond acceptors (Lipinski definition) is 8. The Bertz CT molecular complexity index is 1630. The summed E-state index contributed by atoms with van der Waals surface area (Å²) in [7, 11) is 1.51. The molecule has 1 unspecified atom stereocenters. The van der Waals surface area contributed by atoms with E-state index in [1.165, 1.54) is 19.4 Å². The van der Waals surface area contributed by atoms with E-state index >= 15 is 0 Å². The maximum Gasteiger partial charge on any atom is 0.312 e. The minimum absolute atomic E-state index is 0.0775. The molecule has 0 saturated heterocycles. The number of aryl methyl sites for hydroxylation is 1. The van der Waals surface area contributed by atoms with Crippen LogP contribution in [0, 0.1) is 6.92 Å². The molecule has 8 nitrogen and oxygen atoms in total. The summed E-state index contributed by atoms with van der Waals surface area (Å²) < 4.78 is 28.0. The van der Waals surface area contributed by atoms with E-state index in [4.69, 9.17) is 23.0 Å². The lowest BCUT2D eigenvalue weighted by Gasteiger charge is -2.25. The largest absolute Gasteiger partial charge is 0.497 e. The number of allylic oxidation sites excluding steroid dienone is 1. The van der Waals surface area contributed by atoms with Crippen LogP contribution in [0.15, 0.2) is 68.1 Å². The zero-order valence-corrected chi connectivity index (χ0v) is 18.7. The van der Waals surface area contributed by atoms with Crippen LogP contribution in [-0.2, 0) is 4.79 Å². The second kappa shape index (κ2) is 7.73. The minimum atomic E-state index is -0.731. The van der Waals surface area contributed by atoms with Crippen LogP contribution < -0.4 is 19.6 Å². The Morgan fingerprint density at radius 3 is 2.66 bits per heavy atom. The number of ether oxygens (including phenoxy) is 3. The first-order chi connectivity index (χ1) is 16.9. The van der Waals surface area contributed by atoms with Crippen LogP contribution >= 0.6 is 0 Å². The molecule has 4 heterocycles. The molecular formula is C27H18O8. The molecule has 6 rings (SSSR count). The van der Waals surface area contributed by atoms with Gasteiger partial charge in [-0.1, -0.05) is 0 Å². The van der Waals surface area contributed by atoms with Crippen molar-refractivity contribution in [2.24, 2.45) is 0 Å². The highest BCUT2D eigenvalue weighted by atomic mass is 16.5. The SMILES string of the molecule is COc1ccc2occ(C3CC(=O)Oc4ccc5c(c43)OC(=Cc3ccc(C)o3)C5=O)c(=O)c2c1. The van der Waals surface area contributed by atoms with Crippen molar-refractivity contribution >= 4 is 28.8 Å². The van der Waals surface area contributed by atoms with Crippen molar-refractivity contribution in [3.05, 3.63) is 92.9 Å². The average molecular weight is 470 g/mol. The van der Waals surface area contributed by atoms with Gasteiger partial charge >= 0.3 is 5.97 Å². The number of rotatable bonds is 3. The Kier molecular flexibility index (Phi) is 4.63. The Morgan fingerprint density at radius 1 is 1.03 bits per heavy atom. The summed E-state index contributed by atoms with van der Waals surface area (Å²) in [6, 6.07) is 11.5. The lowest BCUT2D eigenvalue weighted by molar-refractivity contribution is -0.135. The van der Waals surface area contributed by atoms with Crippen LogP contribution in [0.5, 0.6) is 17.2 Å². The van der Waals surface area contributed by atoms with Crippen molar-refractivity contribution in [1.29, 1.82) is 0 Å². The van der Waals surface area contributed by atoms with Crippen molar-refractivity contribution in [1.82, 2.24) is 0 Å². The zero-order chi connectivity index (χ0) is 24.3. The summed E-state index contributed by atoms with van der Waals surface area (Å²) >= 11 is 0. The minimum Gasteiger partial charge on any atom is -0.497 e. The summed E-state index contributed by atoms with van der Waals surface area (Å²) in [4.78, 5) is 39.0. The topological polar surface area (TPSA) is 105 Å². The first-order valence-corrected chi connectivity index (χ1v) is 10.9. The van der Waals surface area contributed by atoms with Crippen LogP contribution in [0.1, 0.15) is 45.3 Å². The first kappa shape index (κ1) is 21.0. The lowest BCUT2D eigenvalue weighted by Crippen LogP contribution is -2.25. The number of Topliss-reactive ketones (excluding diaryl/α,β-unsaturated/α-hetero) is 1. The summed E-state index contributed by atoms with van der Waals surface area (Å²) in [5.74, 6) is 0.676. The second-order valence-electron chi connectivity index (χ2n) is 8.36. The highest BCUT2D eigenvalue weighted by Gasteiger charge is 2.39. The van der Waals surface area contributed by atoms with E-state index in [1.807, 2.05) is 0 Å². The number of carbonyl (C=O) groups excluding carboxylic acids is 2. The van der Waals surface area contributed by atoms with Gasteiger partial charge in [0.05, 0.1) is 30.7 Å². The van der Waals surface area contributed by atoms with Crippen molar-refractivity contribution in [3.8, 4) is 17.2 Å². The van der Waals surface area contributed by atoms with Crippen LogP contribution in [0.25, 0.3) is 17.0 Å². The molecule has 8 heteroatoms. The molecule has 1 atom stereocenters. The third-order valence-corrected chi connectivity index (χ3v) is 6.20. The van der Waals surface area contributed by atoms with Crippen molar-refractivity contribution in [3.63, 3.8) is 0 Å². The average Bonchev–Trinajstić information content (AvgIpc) is 3.41. The molecule has 0 amide bonds. The van der Waals surface area contributed by atoms with Gasteiger partial charge in [-0.25, -0.2) is 0 Å². The standard InChI is InChI=1S/C27H18O8/c1-13-3-4-15(33-13)10-22-26(30)16-6-8-21-24(27(16)35-22)17(11-23(28)34-21)19-12-32-20-7-5-14(31-2)9-18(20)25(19)29/h3-10,12,17H,11H2,1-2H3. The molecule has 2 aromatic carbocycles. The maximum absolute atomic E-state index is 13.5. The molecule has 35 heavy (non-hydrogen) atoms. The van der Waals surface area contributed by atoms with Gasteiger partial charge in [-0.2, -0.15) is 0 Å². The molecule has 0 fully saturated rings. The Labute approximate surface area is 198 Å². The van der Waals surface area contributed by atoms with Crippen LogP contribution in [0.4, 0.5) is 0 Å². The zero-order valence-electron chi connectivity index (χ0n) is 18.7. The lowest BCUT2D eigenvalue weighted by atomic mass is 9.85. The van der Waals surface area contributed by atoms with E-state index in [2.05, 4.69) is 0 Å². The molecule has 2 aliphatic heterocycles. The van der Waals surface area contributed by atoms with Gasteiger partial charge in [0.2, 0.25) is 5.78 Å². The van der Waals surface area contributed by atoms with E-state index in [0.717, 1.165) is 0 Å². The van der Waals surface area contributed by atoms with Crippen molar-refractivity contribution < 1.29 is 32.6 Å². The number of hydrogen-bond donors (Lipinski definition) is 0. The molecule has 0 spiro atoms. The van der Waals surface area contributed by atoms with Gasteiger partial charge in [-0.3, -0.25) is 14.4 Å². The molecule has 4 aromatic rings. The predicted molar refractivity (Wildman–Crippen MR) is 124 cm³/mol. The highest BCUT2D eigenvalue weighted by molar-refractivity contribution is 6.15. The van der Waals surface area contributed by atoms with Crippen molar-refractivity contribution in [2.75, 3.05) is 7.11 Å². The fraction of sp³-hybridized carbons (Fsp3) is 0.148. The summed E-state index contributed by atoms with van der Waals surface area (Å²) in [5.41, 5.74) is 1.10. The van der Waals surface area contributed by atoms with Gasteiger partial charge in [0.15, 0.2) is 11.2 Å². The molecule has 2 aliphatic rings. The molecular weight excluding hydrogens is 452 g/mol. The second-order valence-corrected chi connectivity index (χ2v) is 8.36. The fourth-order valence-electron chi connectivity index (χ4n) is 4.52. The molecule has 0 bridgehead atoms. The van der Waals surface area contributed by atoms with Crippen LogP contribution in [-0.4, -0.2) is 18.9 Å². The molecule has 2 aromatic heterocycles. The number of benzene rings is 2. The Hall–Kier alpha value is -4.59. The number of fused-ring (bicyclic) bond motifs is 4. The van der Waals surface area contributed by atoms with E-state index in [-0.39, 0.29) is 40.5 Å². The van der Waals surface area contributed by atoms with Gasteiger partial charge in [0, 0.05) is 23.1 Å². The normalized spacial score (nSPS) is 17.8. The van der Waals surface area contributed by atoms with Crippen LogP contribution in [0.2, 0.25) is 0 Å². The van der Waals surface area contributed by atoms with E-state index in [1.54, 1.807) is 49.4 Å². The Morgan fingerprint density at radius 2 is 1.89 bits per heavy atom. The van der Waals surface area contributed by atoms with Crippen molar-refractivity contribution in [2.45, 2.75) is 19.3 Å². The van der Waals surface area contributed by atoms with E-state index < -0.39 is 11.9 Å². The highest BCUT2D eigenvalue weighted by Crippen LogP contribution is 2.48. The van der Waals surface area contributed by atoms with Gasteiger partial charge in [0.1, 0.15) is 34.4 Å².